The van der Waals surface area contributed by atoms with Crippen molar-refractivity contribution in [2.75, 3.05) is 18.5 Å². The van der Waals surface area contributed by atoms with Crippen molar-refractivity contribution < 1.29 is 10.0 Å². The number of anilines is 1. The molecule has 6 heteroatoms. The van der Waals surface area contributed by atoms with Crippen LogP contribution in [0.1, 0.15) is 19.8 Å². The van der Waals surface area contributed by atoms with Gasteiger partial charge in [-0.25, -0.2) is 0 Å². The number of aliphatic hydroxyl groups excluding tert-OH is 1. The van der Waals surface area contributed by atoms with Crippen LogP contribution < -0.4 is 5.32 Å². The molecule has 0 spiro atoms. The van der Waals surface area contributed by atoms with E-state index in [2.05, 4.69) is 10.3 Å². The summed E-state index contributed by atoms with van der Waals surface area (Å²) < 4.78 is 0. The van der Waals surface area contributed by atoms with E-state index in [1.807, 2.05) is 6.92 Å². The normalized spacial score (nSPS) is 12.3. The number of rotatable bonds is 7. The van der Waals surface area contributed by atoms with Crippen LogP contribution >= 0.6 is 0 Å². The summed E-state index contributed by atoms with van der Waals surface area (Å²) in [4.78, 5) is 14.9. The van der Waals surface area contributed by atoms with Crippen molar-refractivity contribution in [1.29, 1.82) is 0 Å². The van der Waals surface area contributed by atoms with E-state index in [-0.39, 0.29) is 12.3 Å². The maximum atomic E-state index is 11.0. The minimum atomic E-state index is -0.392. The second-order valence-corrected chi connectivity index (χ2v) is 5.15. The number of fused-ring (bicyclic) bond motifs is 1. The highest BCUT2D eigenvalue weighted by Gasteiger charge is 2.14. The average Bonchev–Trinajstić information content (AvgIpc) is 2.50. The third kappa shape index (κ3) is 3.66. The summed E-state index contributed by atoms with van der Waals surface area (Å²) in [5.41, 5.74) is 1.48. The van der Waals surface area contributed by atoms with Crippen LogP contribution in [-0.4, -0.2) is 28.2 Å². The number of pyridine rings is 1. The third-order valence-electron chi connectivity index (χ3n) is 3.44. The zero-order valence-electron chi connectivity index (χ0n) is 12.0. The van der Waals surface area contributed by atoms with E-state index in [0.717, 1.165) is 25.1 Å². The predicted molar refractivity (Wildman–Crippen MR) is 82.4 cm³/mol. The average molecular weight is 289 g/mol. The van der Waals surface area contributed by atoms with Crippen molar-refractivity contribution in [2.24, 2.45) is 5.92 Å². The van der Waals surface area contributed by atoms with Crippen LogP contribution in [0.15, 0.2) is 30.5 Å². The van der Waals surface area contributed by atoms with Gasteiger partial charge in [0, 0.05) is 25.4 Å². The van der Waals surface area contributed by atoms with E-state index in [1.54, 1.807) is 24.4 Å². The van der Waals surface area contributed by atoms with Gasteiger partial charge in [0.25, 0.3) is 5.69 Å². The Morgan fingerprint density at radius 3 is 2.95 bits per heavy atom. The van der Waals surface area contributed by atoms with Crippen LogP contribution in [-0.2, 0) is 0 Å². The first kappa shape index (κ1) is 15.2. The van der Waals surface area contributed by atoms with Gasteiger partial charge in [0.05, 0.1) is 16.0 Å². The first-order valence-electron chi connectivity index (χ1n) is 7.00. The van der Waals surface area contributed by atoms with Crippen LogP contribution in [0.4, 0.5) is 11.4 Å². The van der Waals surface area contributed by atoms with Crippen molar-refractivity contribution in [3.8, 4) is 0 Å². The SMILES string of the molecule is CC(CO)CCCNc1ccc([N+](=O)[O-])c2cccnc12. The second-order valence-electron chi connectivity index (χ2n) is 5.15. The number of non-ortho nitro benzene ring substituents is 1. The molecule has 0 bridgehead atoms. The lowest BCUT2D eigenvalue weighted by atomic mass is 10.1. The van der Waals surface area contributed by atoms with Gasteiger partial charge in [0.15, 0.2) is 0 Å². The van der Waals surface area contributed by atoms with Crippen molar-refractivity contribution in [3.05, 3.63) is 40.6 Å². The van der Waals surface area contributed by atoms with Gasteiger partial charge in [0.2, 0.25) is 0 Å². The molecule has 0 radical (unpaired) electrons. The van der Waals surface area contributed by atoms with Crippen molar-refractivity contribution in [3.63, 3.8) is 0 Å². The first-order chi connectivity index (χ1) is 10.1. The number of hydrogen-bond acceptors (Lipinski definition) is 5. The van der Waals surface area contributed by atoms with E-state index < -0.39 is 4.92 Å². The van der Waals surface area contributed by atoms with Gasteiger partial charge in [-0.2, -0.15) is 0 Å². The minimum absolute atomic E-state index is 0.0672. The fourth-order valence-corrected chi connectivity index (χ4v) is 2.22. The molecule has 0 saturated carbocycles. The number of nitro benzene ring substituents is 1. The Bertz CT molecular complexity index is 631. The topological polar surface area (TPSA) is 88.3 Å². The van der Waals surface area contributed by atoms with Gasteiger partial charge >= 0.3 is 0 Å². The Morgan fingerprint density at radius 2 is 2.24 bits per heavy atom. The van der Waals surface area contributed by atoms with Gasteiger partial charge in [-0.3, -0.25) is 15.1 Å². The van der Waals surface area contributed by atoms with Gasteiger partial charge in [0.1, 0.15) is 5.52 Å². The summed E-state index contributed by atoms with van der Waals surface area (Å²) in [7, 11) is 0. The van der Waals surface area contributed by atoms with E-state index in [1.165, 1.54) is 6.07 Å². The highest BCUT2D eigenvalue weighted by Crippen LogP contribution is 2.29. The van der Waals surface area contributed by atoms with Crippen LogP contribution in [0, 0.1) is 16.0 Å². The van der Waals surface area contributed by atoms with Crippen molar-refractivity contribution in [1.82, 2.24) is 4.98 Å². The number of nitro groups is 1. The molecule has 2 N–H and O–H groups in total. The molecule has 112 valence electrons. The first-order valence-corrected chi connectivity index (χ1v) is 7.00. The largest absolute Gasteiger partial charge is 0.396 e. The Morgan fingerprint density at radius 1 is 1.43 bits per heavy atom. The van der Waals surface area contributed by atoms with E-state index in [9.17, 15) is 10.1 Å². The Balaban J connectivity index is 2.14. The van der Waals surface area contributed by atoms with Crippen molar-refractivity contribution >= 4 is 22.3 Å². The zero-order valence-corrected chi connectivity index (χ0v) is 12.0. The Kier molecular flexibility index (Phi) is 5.05. The lowest BCUT2D eigenvalue weighted by Crippen LogP contribution is -2.07. The quantitative estimate of drug-likeness (QED) is 0.465. The molecule has 0 fully saturated rings. The third-order valence-corrected chi connectivity index (χ3v) is 3.44. The Hall–Kier alpha value is -2.21. The summed E-state index contributed by atoms with van der Waals surface area (Å²) in [6.07, 6.45) is 3.49. The summed E-state index contributed by atoms with van der Waals surface area (Å²) >= 11 is 0. The summed E-state index contributed by atoms with van der Waals surface area (Å²) in [6.45, 7) is 2.94. The molecule has 1 aromatic carbocycles. The zero-order chi connectivity index (χ0) is 15.2. The van der Waals surface area contributed by atoms with Gasteiger partial charge in [-0.1, -0.05) is 6.92 Å². The van der Waals surface area contributed by atoms with Gasteiger partial charge < -0.3 is 10.4 Å². The molecule has 21 heavy (non-hydrogen) atoms. The molecular formula is C15H19N3O3. The molecule has 6 nitrogen and oxygen atoms in total. The molecule has 1 heterocycles. The molecule has 0 amide bonds. The van der Waals surface area contributed by atoms with Crippen LogP contribution in [0.25, 0.3) is 10.9 Å². The summed E-state index contributed by atoms with van der Waals surface area (Å²) in [5, 5.41) is 23.8. The number of hydrogen-bond donors (Lipinski definition) is 2. The number of aromatic nitrogens is 1. The van der Waals surface area contributed by atoms with Crippen LogP contribution in [0.2, 0.25) is 0 Å². The molecule has 1 unspecified atom stereocenters. The fourth-order valence-electron chi connectivity index (χ4n) is 2.22. The predicted octanol–water partition coefficient (Wildman–Crippen LogP) is 2.96. The fraction of sp³-hybridized carbons (Fsp3) is 0.400. The van der Waals surface area contributed by atoms with Gasteiger partial charge in [-0.05, 0) is 37.0 Å². The maximum Gasteiger partial charge on any atom is 0.278 e. The highest BCUT2D eigenvalue weighted by molar-refractivity contribution is 5.96. The molecule has 2 rings (SSSR count). The standard InChI is InChI=1S/C15H19N3O3/c1-11(10-19)4-2-8-16-13-6-7-14(18(20)21)12-5-3-9-17-15(12)13/h3,5-7,9,11,16,19H,2,4,8,10H2,1H3. The van der Waals surface area contributed by atoms with E-state index >= 15 is 0 Å². The molecular weight excluding hydrogens is 270 g/mol. The number of benzene rings is 1. The monoisotopic (exact) mass is 289 g/mol. The second kappa shape index (κ2) is 6.99. The number of nitrogens with zero attached hydrogens (tertiary/aromatic N) is 2. The van der Waals surface area contributed by atoms with Crippen LogP contribution in [0.3, 0.4) is 0 Å². The molecule has 0 aliphatic heterocycles. The summed E-state index contributed by atoms with van der Waals surface area (Å²) in [5.74, 6) is 0.290. The maximum absolute atomic E-state index is 11.0. The smallest absolute Gasteiger partial charge is 0.278 e. The molecule has 1 aromatic heterocycles. The van der Waals surface area contributed by atoms with Crippen LogP contribution in [0.5, 0.6) is 0 Å². The van der Waals surface area contributed by atoms with E-state index in [4.69, 9.17) is 5.11 Å². The summed E-state index contributed by atoms with van der Waals surface area (Å²) in [6, 6.07) is 6.60. The van der Waals surface area contributed by atoms with Gasteiger partial charge in [-0.15, -0.1) is 0 Å². The molecule has 2 aromatic rings. The Labute approximate surface area is 123 Å². The van der Waals surface area contributed by atoms with Crippen molar-refractivity contribution in [2.45, 2.75) is 19.8 Å². The molecule has 0 saturated heterocycles. The van der Waals surface area contributed by atoms with E-state index in [0.29, 0.717) is 16.8 Å². The lowest BCUT2D eigenvalue weighted by molar-refractivity contribution is -0.383. The highest BCUT2D eigenvalue weighted by atomic mass is 16.6. The molecule has 0 aliphatic rings. The lowest BCUT2D eigenvalue weighted by Gasteiger charge is -2.11. The number of nitrogens with one attached hydrogen (secondary N) is 1. The molecule has 1 atom stereocenters. The molecule has 0 aliphatic carbocycles. The minimum Gasteiger partial charge on any atom is -0.396 e. The number of aliphatic hydroxyl groups is 1.